The van der Waals surface area contributed by atoms with E-state index in [1.165, 1.54) is 0 Å². The van der Waals surface area contributed by atoms with Gasteiger partial charge in [0, 0.05) is 26.5 Å². The molecule has 0 aromatic carbocycles. The van der Waals surface area contributed by atoms with Crippen LogP contribution in [-0.4, -0.2) is 41.0 Å². The van der Waals surface area contributed by atoms with Crippen molar-refractivity contribution in [1.29, 1.82) is 5.26 Å². The average molecular weight is 301 g/mol. The summed E-state index contributed by atoms with van der Waals surface area (Å²) in [5.74, 6) is 0. The Kier molecular flexibility index (Phi) is 3.71. The van der Waals surface area contributed by atoms with Crippen LogP contribution < -0.4 is 10.6 Å². The summed E-state index contributed by atoms with van der Waals surface area (Å²) in [7, 11) is -1.83. The summed E-state index contributed by atoms with van der Waals surface area (Å²) in [5, 5.41) is 9.56. The maximum Gasteiger partial charge on any atom is 0.180 e. The topological polar surface area (TPSA) is 96.4 Å². The normalized spacial score (nSPS) is 19.6. The minimum atomic E-state index is -3.46. The standard InChI is InChI=1S/C11H15N3O3S2/c1-17-7-3-4-14(6-7)11-10(19(2,15)16)9(13)8(5-12)18-11/h7H,3-4,6,13H2,1-2H3. The third-order valence-electron chi connectivity index (χ3n) is 3.12. The van der Waals surface area contributed by atoms with E-state index in [1.54, 1.807) is 7.11 Å². The molecule has 6 nitrogen and oxygen atoms in total. The number of methoxy groups -OCH3 is 1. The lowest BCUT2D eigenvalue weighted by molar-refractivity contribution is 0.121. The van der Waals surface area contributed by atoms with Crippen LogP contribution in [0.15, 0.2) is 4.90 Å². The third-order valence-corrected chi connectivity index (χ3v) is 5.58. The first-order valence-corrected chi connectivity index (χ1v) is 8.39. The second-order valence-electron chi connectivity index (χ2n) is 4.46. The molecule has 104 valence electrons. The highest BCUT2D eigenvalue weighted by Gasteiger charge is 2.31. The van der Waals surface area contributed by atoms with Crippen molar-refractivity contribution in [3.8, 4) is 6.07 Å². The number of nitriles is 1. The van der Waals surface area contributed by atoms with Crippen LogP contribution in [0.25, 0.3) is 0 Å². The Labute approximate surface area is 116 Å². The number of anilines is 2. The van der Waals surface area contributed by atoms with Crippen LogP contribution in [0.2, 0.25) is 0 Å². The van der Waals surface area contributed by atoms with Crippen molar-refractivity contribution in [2.24, 2.45) is 0 Å². The fraction of sp³-hybridized carbons (Fsp3) is 0.545. The first-order chi connectivity index (χ1) is 8.88. The Hall–Kier alpha value is -1.30. The van der Waals surface area contributed by atoms with Crippen molar-refractivity contribution in [3.05, 3.63) is 4.88 Å². The van der Waals surface area contributed by atoms with Gasteiger partial charge < -0.3 is 15.4 Å². The number of sulfone groups is 1. The Morgan fingerprint density at radius 1 is 1.58 bits per heavy atom. The number of nitrogens with two attached hydrogens (primary N) is 1. The van der Waals surface area contributed by atoms with E-state index in [2.05, 4.69) is 0 Å². The second-order valence-corrected chi connectivity index (χ2v) is 7.41. The molecule has 8 heteroatoms. The van der Waals surface area contributed by atoms with Crippen molar-refractivity contribution >= 4 is 31.9 Å². The fourth-order valence-corrected chi connectivity index (χ4v) is 4.71. The van der Waals surface area contributed by atoms with Crippen molar-refractivity contribution in [2.45, 2.75) is 17.4 Å². The summed E-state index contributed by atoms with van der Waals surface area (Å²) in [6.07, 6.45) is 2.03. The van der Waals surface area contributed by atoms with E-state index >= 15 is 0 Å². The van der Waals surface area contributed by atoms with Gasteiger partial charge in [0.25, 0.3) is 0 Å². The van der Waals surface area contributed by atoms with Crippen molar-refractivity contribution in [3.63, 3.8) is 0 Å². The van der Waals surface area contributed by atoms with Crippen molar-refractivity contribution < 1.29 is 13.2 Å². The minimum absolute atomic E-state index is 0.0610. The lowest BCUT2D eigenvalue weighted by atomic mass is 10.3. The molecule has 1 saturated heterocycles. The largest absolute Gasteiger partial charge is 0.396 e. The van der Waals surface area contributed by atoms with Crippen molar-refractivity contribution in [2.75, 3.05) is 37.1 Å². The highest BCUT2D eigenvalue weighted by Crippen LogP contribution is 2.42. The van der Waals surface area contributed by atoms with E-state index < -0.39 is 9.84 Å². The molecule has 2 N–H and O–H groups in total. The molecule has 1 aliphatic heterocycles. The fourth-order valence-electron chi connectivity index (χ4n) is 2.17. The molecular weight excluding hydrogens is 286 g/mol. The average Bonchev–Trinajstić information content (AvgIpc) is 2.91. The Balaban J connectivity index is 2.50. The number of hydrogen-bond donors (Lipinski definition) is 1. The molecule has 0 saturated carbocycles. The van der Waals surface area contributed by atoms with Gasteiger partial charge in [-0.3, -0.25) is 0 Å². The zero-order valence-corrected chi connectivity index (χ0v) is 12.3. The van der Waals surface area contributed by atoms with Gasteiger partial charge in [0.15, 0.2) is 9.84 Å². The molecule has 0 spiro atoms. The smallest absolute Gasteiger partial charge is 0.180 e. The summed E-state index contributed by atoms with van der Waals surface area (Å²) in [6.45, 7) is 1.32. The van der Waals surface area contributed by atoms with Gasteiger partial charge in [0.2, 0.25) is 0 Å². The van der Waals surface area contributed by atoms with Crippen LogP contribution in [0.1, 0.15) is 11.3 Å². The lowest BCUT2D eigenvalue weighted by Crippen LogP contribution is -2.22. The van der Waals surface area contributed by atoms with Crippen LogP contribution in [0.5, 0.6) is 0 Å². The third kappa shape index (κ3) is 2.54. The number of rotatable bonds is 3. The number of ether oxygens (including phenoxy) is 1. The van der Waals surface area contributed by atoms with E-state index in [4.69, 9.17) is 15.7 Å². The summed E-state index contributed by atoms with van der Waals surface area (Å²) >= 11 is 1.13. The van der Waals surface area contributed by atoms with Gasteiger partial charge in [0.1, 0.15) is 20.8 Å². The van der Waals surface area contributed by atoms with E-state index in [1.807, 2.05) is 11.0 Å². The zero-order valence-electron chi connectivity index (χ0n) is 10.7. The molecule has 1 aliphatic rings. The quantitative estimate of drug-likeness (QED) is 0.888. The van der Waals surface area contributed by atoms with Crippen LogP contribution >= 0.6 is 11.3 Å². The maximum atomic E-state index is 11.9. The summed E-state index contributed by atoms with van der Waals surface area (Å²) in [6, 6.07) is 1.95. The molecule has 0 bridgehead atoms. The number of nitrogen functional groups attached to an aromatic ring is 1. The zero-order chi connectivity index (χ0) is 14.2. The summed E-state index contributed by atoms with van der Waals surface area (Å²) in [5.41, 5.74) is 5.85. The van der Waals surface area contributed by atoms with Gasteiger partial charge in [-0.05, 0) is 6.42 Å². The van der Waals surface area contributed by atoms with Gasteiger partial charge in [-0.25, -0.2) is 8.42 Å². The summed E-state index contributed by atoms with van der Waals surface area (Å²) in [4.78, 5) is 2.24. The highest BCUT2D eigenvalue weighted by molar-refractivity contribution is 7.91. The predicted octanol–water partition coefficient (Wildman–Crippen LogP) is 0.831. The molecule has 2 heterocycles. The van der Waals surface area contributed by atoms with Crippen LogP contribution in [0.3, 0.4) is 0 Å². The molecule has 1 unspecified atom stereocenters. The Bertz CT molecular complexity index is 630. The number of hydrogen-bond acceptors (Lipinski definition) is 7. The molecule has 1 atom stereocenters. The van der Waals surface area contributed by atoms with Gasteiger partial charge >= 0.3 is 0 Å². The number of thiophene rings is 1. The van der Waals surface area contributed by atoms with Gasteiger partial charge in [-0.1, -0.05) is 0 Å². The molecule has 0 amide bonds. The Morgan fingerprint density at radius 3 is 2.74 bits per heavy atom. The molecule has 0 aliphatic carbocycles. The molecule has 1 aromatic heterocycles. The van der Waals surface area contributed by atoms with Crippen LogP contribution in [0, 0.1) is 11.3 Å². The van der Waals surface area contributed by atoms with E-state index in [9.17, 15) is 8.42 Å². The summed E-state index contributed by atoms with van der Waals surface area (Å²) < 4.78 is 29.0. The molecule has 0 radical (unpaired) electrons. The first kappa shape index (κ1) is 14.1. The molecular formula is C11H15N3O3S2. The predicted molar refractivity (Wildman–Crippen MR) is 74.2 cm³/mol. The van der Waals surface area contributed by atoms with Gasteiger partial charge in [0.05, 0.1) is 11.8 Å². The molecule has 1 aromatic rings. The van der Waals surface area contributed by atoms with E-state index in [0.29, 0.717) is 18.1 Å². The SMILES string of the molecule is COC1CCN(c2sc(C#N)c(N)c2S(C)(=O)=O)C1. The Morgan fingerprint density at radius 2 is 2.26 bits per heavy atom. The van der Waals surface area contributed by atoms with Gasteiger partial charge in [-0.15, -0.1) is 11.3 Å². The molecule has 2 rings (SSSR count). The highest BCUT2D eigenvalue weighted by atomic mass is 32.2. The van der Waals surface area contributed by atoms with Gasteiger partial charge in [-0.2, -0.15) is 5.26 Å². The molecule has 1 fully saturated rings. The maximum absolute atomic E-state index is 11.9. The minimum Gasteiger partial charge on any atom is -0.396 e. The lowest BCUT2D eigenvalue weighted by Gasteiger charge is -2.17. The van der Waals surface area contributed by atoms with Crippen LogP contribution in [-0.2, 0) is 14.6 Å². The van der Waals surface area contributed by atoms with E-state index in [-0.39, 0.29) is 21.6 Å². The number of nitrogens with zero attached hydrogens (tertiary/aromatic N) is 2. The van der Waals surface area contributed by atoms with Crippen molar-refractivity contribution in [1.82, 2.24) is 0 Å². The van der Waals surface area contributed by atoms with E-state index in [0.717, 1.165) is 24.0 Å². The monoisotopic (exact) mass is 301 g/mol. The molecule has 19 heavy (non-hydrogen) atoms. The second kappa shape index (κ2) is 5.00. The first-order valence-electron chi connectivity index (χ1n) is 5.68. The van der Waals surface area contributed by atoms with Crippen LogP contribution in [0.4, 0.5) is 10.7 Å².